The molecule has 0 atom stereocenters. The normalized spacial score (nSPS) is 15.8. The van der Waals surface area contributed by atoms with Gasteiger partial charge in [0.2, 0.25) is 0 Å². The number of nitrogens with two attached hydrogens (primary N) is 1. The van der Waals surface area contributed by atoms with E-state index in [0.717, 1.165) is 37.0 Å². The van der Waals surface area contributed by atoms with Crippen molar-refractivity contribution in [2.75, 3.05) is 31.1 Å². The molecule has 22 heavy (non-hydrogen) atoms. The van der Waals surface area contributed by atoms with Gasteiger partial charge in [-0.2, -0.15) is 0 Å². The lowest BCUT2D eigenvalue weighted by Gasteiger charge is -2.35. The molecule has 0 aromatic carbocycles. The van der Waals surface area contributed by atoms with E-state index in [2.05, 4.69) is 24.8 Å². The molecular weight excluding hydrogens is 431 g/mol. The second kappa shape index (κ2) is 8.06. The fourth-order valence-electron chi connectivity index (χ4n) is 2.23. The van der Waals surface area contributed by atoms with Gasteiger partial charge in [0, 0.05) is 42.6 Å². The van der Waals surface area contributed by atoms with Crippen LogP contribution in [0.15, 0.2) is 22.1 Å². The summed E-state index contributed by atoms with van der Waals surface area (Å²) in [6, 6.07) is 0. The summed E-state index contributed by atoms with van der Waals surface area (Å²) in [4.78, 5) is 18.7. The first-order valence-corrected chi connectivity index (χ1v) is 8.58. The van der Waals surface area contributed by atoms with Crippen LogP contribution in [0.25, 0.3) is 0 Å². The zero-order valence-corrected chi connectivity index (χ0v) is 16.3. The molecule has 0 bridgehead atoms. The first kappa shape index (κ1) is 17.4. The van der Waals surface area contributed by atoms with Crippen LogP contribution in [0.3, 0.4) is 0 Å². The molecular formula is C13H19IN6S2. The fraction of sp³-hybridized carbons (Fsp3) is 0.462. The molecule has 2 aromatic rings. The Morgan fingerprint density at radius 1 is 1.27 bits per heavy atom. The van der Waals surface area contributed by atoms with Crippen LogP contribution in [0.5, 0.6) is 0 Å². The van der Waals surface area contributed by atoms with Crippen molar-refractivity contribution in [2.24, 2.45) is 10.7 Å². The van der Waals surface area contributed by atoms with Crippen LogP contribution < -0.4 is 10.6 Å². The molecule has 0 radical (unpaired) electrons. The Hall–Kier alpha value is -0.940. The summed E-state index contributed by atoms with van der Waals surface area (Å²) in [5.74, 6) is 0.626. The topological polar surface area (TPSA) is 70.6 Å². The SMILES string of the molecule is Cc1ncsc1CN=C(N)N1CCN(c2nccs2)CC1.I. The van der Waals surface area contributed by atoms with Crippen molar-refractivity contribution in [2.45, 2.75) is 13.5 Å². The Morgan fingerprint density at radius 3 is 2.64 bits per heavy atom. The number of aromatic nitrogens is 2. The van der Waals surface area contributed by atoms with Gasteiger partial charge in [-0.3, -0.25) is 0 Å². The molecule has 0 saturated carbocycles. The molecule has 3 rings (SSSR count). The fourth-order valence-corrected chi connectivity index (χ4v) is 3.63. The molecule has 2 N–H and O–H groups in total. The predicted octanol–water partition coefficient (Wildman–Crippen LogP) is 2.16. The van der Waals surface area contributed by atoms with Crippen molar-refractivity contribution in [3.63, 3.8) is 0 Å². The number of hydrogen-bond donors (Lipinski definition) is 1. The van der Waals surface area contributed by atoms with Gasteiger partial charge < -0.3 is 15.5 Å². The van der Waals surface area contributed by atoms with Crippen LogP contribution in [-0.4, -0.2) is 47.0 Å². The molecule has 9 heteroatoms. The van der Waals surface area contributed by atoms with Crippen LogP contribution in [0.2, 0.25) is 0 Å². The highest BCUT2D eigenvalue weighted by atomic mass is 127. The van der Waals surface area contributed by atoms with Gasteiger partial charge in [-0.15, -0.1) is 46.7 Å². The predicted molar refractivity (Wildman–Crippen MR) is 103 cm³/mol. The molecule has 1 fully saturated rings. The van der Waals surface area contributed by atoms with Crippen molar-refractivity contribution in [3.8, 4) is 0 Å². The summed E-state index contributed by atoms with van der Waals surface area (Å²) in [5, 5.41) is 3.10. The van der Waals surface area contributed by atoms with Crippen molar-refractivity contribution in [3.05, 3.63) is 27.7 Å². The lowest BCUT2D eigenvalue weighted by Crippen LogP contribution is -2.51. The van der Waals surface area contributed by atoms with E-state index < -0.39 is 0 Å². The zero-order valence-electron chi connectivity index (χ0n) is 12.3. The van der Waals surface area contributed by atoms with Gasteiger partial charge >= 0.3 is 0 Å². The molecule has 0 spiro atoms. The van der Waals surface area contributed by atoms with Crippen LogP contribution in [0.1, 0.15) is 10.6 Å². The smallest absolute Gasteiger partial charge is 0.191 e. The highest BCUT2D eigenvalue weighted by Gasteiger charge is 2.19. The Morgan fingerprint density at radius 2 is 2.05 bits per heavy atom. The van der Waals surface area contributed by atoms with Crippen molar-refractivity contribution >= 4 is 57.7 Å². The Bertz CT molecular complexity index is 604. The van der Waals surface area contributed by atoms with E-state index in [1.54, 1.807) is 22.7 Å². The number of rotatable bonds is 3. The lowest BCUT2D eigenvalue weighted by atomic mass is 10.3. The first-order valence-electron chi connectivity index (χ1n) is 6.82. The van der Waals surface area contributed by atoms with E-state index >= 15 is 0 Å². The molecule has 1 aliphatic heterocycles. The minimum atomic E-state index is 0. The maximum absolute atomic E-state index is 6.11. The number of anilines is 1. The quantitative estimate of drug-likeness (QED) is 0.441. The standard InChI is InChI=1S/C13H18N6S2.HI/c1-10-11(21-9-17-10)8-16-12(14)18-3-5-19(6-4-18)13-15-2-7-20-13;/h2,7,9H,3-6,8H2,1H3,(H2,14,16);1H. The van der Waals surface area contributed by atoms with Gasteiger partial charge in [-0.25, -0.2) is 15.0 Å². The van der Waals surface area contributed by atoms with Gasteiger partial charge in [-0.05, 0) is 6.92 Å². The monoisotopic (exact) mass is 450 g/mol. The summed E-state index contributed by atoms with van der Waals surface area (Å²) < 4.78 is 0. The van der Waals surface area contributed by atoms with Crippen molar-refractivity contribution in [1.29, 1.82) is 0 Å². The van der Waals surface area contributed by atoms with Crippen LogP contribution >= 0.6 is 46.7 Å². The van der Waals surface area contributed by atoms with Gasteiger partial charge in [0.05, 0.1) is 17.7 Å². The van der Waals surface area contributed by atoms with Gasteiger partial charge in [0.1, 0.15) is 0 Å². The van der Waals surface area contributed by atoms with E-state index in [-0.39, 0.29) is 24.0 Å². The number of thiazole rings is 2. The highest BCUT2D eigenvalue weighted by Crippen LogP contribution is 2.19. The molecule has 0 amide bonds. The number of halogens is 1. The summed E-state index contributed by atoms with van der Waals surface area (Å²) >= 11 is 3.31. The second-order valence-electron chi connectivity index (χ2n) is 4.82. The Kier molecular flexibility index (Phi) is 6.38. The summed E-state index contributed by atoms with van der Waals surface area (Å²) in [6.45, 7) is 6.26. The van der Waals surface area contributed by atoms with E-state index in [4.69, 9.17) is 5.73 Å². The maximum Gasteiger partial charge on any atom is 0.191 e. The minimum Gasteiger partial charge on any atom is -0.370 e. The molecule has 1 aliphatic rings. The zero-order chi connectivity index (χ0) is 14.7. The lowest BCUT2D eigenvalue weighted by molar-refractivity contribution is 0.380. The number of hydrogen-bond acceptors (Lipinski definition) is 6. The van der Waals surface area contributed by atoms with Crippen molar-refractivity contribution < 1.29 is 0 Å². The molecule has 3 heterocycles. The molecule has 0 aliphatic carbocycles. The maximum atomic E-state index is 6.11. The molecule has 6 nitrogen and oxygen atoms in total. The Balaban J connectivity index is 0.00000176. The third-order valence-electron chi connectivity index (χ3n) is 3.52. The van der Waals surface area contributed by atoms with Gasteiger partial charge in [-0.1, -0.05) is 0 Å². The third kappa shape index (κ3) is 4.07. The number of guanidine groups is 1. The number of nitrogens with zero attached hydrogens (tertiary/aromatic N) is 5. The van der Waals surface area contributed by atoms with Crippen LogP contribution in [-0.2, 0) is 6.54 Å². The third-order valence-corrected chi connectivity index (χ3v) is 5.28. The van der Waals surface area contributed by atoms with Crippen LogP contribution in [0, 0.1) is 6.92 Å². The highest BCUT2D eigenvalue weighted by molar-refractivity contribution is 14.0. The number of aryl methyl sites for hydroxylation is 1. The molecule has 0 unspecified atom stereocenters. The average Bonchev–Trinajstić information content (AvgIpc) is 3.17. The molecule has 2 aromatic heterocycles. The second-order valence-corrected chi connectivity index (χ2v) is 6.64. The summed E-state index contributed by atoms with van der Waals surface area (Å²) in [7, 11) is 0. The van der Waals surface area contributed by atoms with Gasteiger partial charge in [0.25, 0.3) is 0 Å². The van der Waals surface area contributed by atoms with Crippen LogP contribution in [0.4, 0.5) is 5.13 Å². The summed E-state index contributed by atoms with van der Waals surface area (Å²) in [5.41, 5.74) is 9.00. The summed E-state index contributed by atoms with van der Waals surface area (Å²) in [6.07, 6.45) is 1.85. The van der Waals surface area contributed by atoms with Gasteiger partial charge in [0.15, 0.2) is 11.1 Å². The van der Waals surface area contributed by atoms with Crippen molar-refractivity contribution in [1.82, 2.24) is 14.9 Å². The number of piperazine rings is 1. The molecule has 120 valence electrons. The first-order chi connectivity index (χ1) is 10.2. The number of aliphatic imine (C=N–C) groups is 1. The van der Waals surface area contributed by atoms with E-state index in [1.807, 2.05) is 24.0 Å². The largest absolute Gasteiger partial charge is 0.370 e. The molecule has 1 saturated heterocycles. The van der Waals surface area contributed by atoms with E-state index in [0.29, 0.717) is 12.5 Å². The minimum absolute atomic E-state index is 0. The average molecular weight is 450 g/mol. The van der Waals surface area contributed by atoms with E-state index in [9.17, 15) is 0 Å². The van der Waals surface area contributed by atoms with E-state index in [1.165, 1.54) is 4.88 Å². The Labute approximate surface area is 155 Å².